The average molecular weight is 167 g/mol. The Labute approximate surface area is 73.9 Å². The third-order valence-corrected chi connectivity index (χ3v) is 2.14. The molecule has 12 heavy (non-hydrogen) atoms. The summed E-state index contributed by atoms with van der Waals surface area (Å²) in [5.41, 5.74) is 3.66. The molecule has 0 aromatic rings. The molecule has 3 N–H and O–H groups in total. The summed E-state index contributed by atoms with van der Waals surface area (Å²) in [6.07, 6.45) is 4.42. The van der Waals surface area contributed by atoms with Gasteiger partial charge in [-0.05, 0) is 12.8 Å². The zero-order chi connectivity index (χ0) is 8.97. The van der Waals surface area contributed by atoms with Crippen LogP contribution in [-0.4, -0.2) is 21.1 Å². The van der Waals surface area contributed by atoms with Gasteiger partial charge in [-0.2, -0.15) is 0 Å². The summed E-state index contributed by atoms with van der Waals surface area (Å²) in [5, 5.41) is 9.57. The molecular weight excluding hydrogens is 150 g/mol. The highest BCUT2D eigenvalue weighted by atomic mass is 15.0. The van der Waals surface area contributed by atoms with Crippen molar-refractivity contribution in [2.45, 2.75) is 12.8 Å². The molecule has 3 nitrogen and oxygen atoms in total. The minimum atomic E-state index is 1.10. The first-order chi connectivity index (χ1) is 5.83. The molecular formula is C9H17N3. The van der Waals surface area contributed by atoms with E-state index < -0.39 is 0 Å². The molecule has 0 atom stereocenters. The molecule has 0 aromatic heterocycles. The standard InChI is InChI=1S/C9H17N3/c1-10-7-5-4-6-8(11-2)9(7)12-3/h5,10-12H,4,6H2,1-3H3. The lowest BCUT2D eigenvalue weighted by molar-refractivity contribution is 0.749. The molecule has 0 unspecified atom stereocenters. The molecule has 1 rings (SSSR count). The van der Waals surface area contributed by atoms with Crippen LogP contribution in [0.25, 0.3) is 0 Å². The lowest BCUT2D eigenvalue weighted by Gasteiger charge is -2.21. The Bertz CT molecular complexity index is 216. The van der Waals surface area contributed by atoms with Gasteiger partial charge in [0.2, 0.25) is 0 Å². The third-order valence-electron chi connectivity index (χ3n) is 2.14. The second kappa shape index (κ2) is 4.04. The van der Waals surface area contributed by atoms with E-state index in [4.69, 9.17) is 0 Å². The molecule has 0 bridgehead atoms. The maximum Gasteiger partial charge on any atom is 0.0762 e. The Balaban J connectivity index is 2.89. The van der Waals surface area contributed by atoms with Crippen LogP contribution in [0.2, 0.25) is 0 Å². The van der Waals surface area contributed by atoms with E-state index in [0.717, 1.165) is 12.8 Å². The van der Waals surface area contributed by atoms with E-state index >= 15 is 0 Å². The van der Waals surface area contributed by atoms with Crippen molar-refractivity contribution >= 4 is 0 Å². The smallest absolute Gasteiger partial charge is 0.0762 e. The monoisotopic (exact) mass is 167 g/mol. The molecule has 0 saturated heterocycles. The van der Waals surface area contributed by atoms with Crippen molar-refractivity contribution in [3.8, 4) is 0 Å². The molecule has 0 saturated carbocycles. The van der Waals surface area contributed by atoms with Crippen molar-refractivity contribution in [3.05, 3.63) is 23.2 Å². The largest absolute Gasteiger partial charge is 0.390 e. The van der Waals surface area contributed by atoms with Gasteiger partial charge in [-0.3, -0.25) is 0 Å². The van der Waals surface area contributed by atoms with E-state index in [1.165, 1.54) is 17.1 Å². The summed E-state index contributed by atoms with van der Waals surface area (Å²) in [6, 6.07) is 0. The van der Waals surface area contributed by atoms with E-state index in [0.29, 0.717) is 0 Å². The minimum absolute atomic E-state index is 1.10. The lowest BCUT2D eigenvalue weighted by Crippen LogP contribution is -2.25. The fourth-order valence-corrected chi connectivity index (χ4v) is 1.51. The van der Waals surface area contributed by atoms with Crippen LogP contribution in [0.3, 0.4) is 0 Å². The second-order valence-electron chi connectivity index (χ2n) is 2.76. The Morgan fingerprint density at radius 3 is 2.33 bits per heavy atom. The summed E-state index contributed by atoms with van der Waals surface area (Å²) in [5.74, 6) is 0. The number of rotatable bonds is 3. The van der Waals surface area contributed by atoms with Gasteiger partial charge in [0.05, 0.1) is 11.4 Å². The molecule has 0 amide bonds. The lowest BCUT2D eigenvalue weighted by atomic mass is 10.1. The van der Waals surface area contributed by atoms with Gasteiger partial charge in [-0.1, -0.05) is 6.08 Å². The van der Waals surface area contributed by atoms with Crippen molar-refractivity contribution in [3.63, 3.8) is 0 Å². The molecule has 1 aliphatic carbocycles. The van der Waals surface area contributed by atoms with E-state index in [9.17, 15) is 0 Å². The summed E-state index contributed by atoms with van der Waals surface area (Å²) in [7, 11) is 5.86. The highest BCUT2D eigenvalue weighted by Gasteiger charge is 2.11. The highest BCUT2D eigenvalue weighted by Crippen LogP contribution is 2.18. The van der Waals surface area contributed by atoms with Crippen LogP contribution in [-0.2, 0) is 0 Å². The van der Waals surface area contributed by atoms with Gasteiger partial charge in [0.1, 0.15) is 0 Å². The van der Waals surface area contributed by atoms with E-state index in [1.807, 2.05) is 21.1 Å². The SMILES string of the molecule is CNC1=CCCC(NC)=C1NC. The van der Waals surface area contributed by atoms with Gasteiger partial charge in [-0.25, -0.2) is 0 Å². The Morgan fingerprint density at radius 2 is 1.83 bits per heavy atom. The van der Waals surface area contributed by atoms with E-state index in [2.05, 4.69) is 22.0 Å². The molecule has 0 heterocycles. The highest BCUT2D eigenvalue weighted by molar-refractivity contribution is 5.34. The molecule has 0 radical (unpaired) electrons. The zero-order valence-electron chi connectivity index (χ0n) is 7.99. The fraction of sp³-hybridized carbons (Fsp3) is 0.556. The predicted octanol–water partition coefficient (Wildman–Crippen LogP) is 0.534. The quantitative estimate of drug-likeness (QED) is 0.574. The van der Waals surface area contributed by atoms with Gasteiger partial charge in [-0.15, -0.1) is 0 Å². The van der Waals surface area contributed by atoms with Gasteiger partial charge in [0.15, 0.2) is 0 Å². The molecule has 0 spiro atoms. The average Bonchev–Trinajstić information content (AvgIpc) is 2.16. The maximum absolute atomic E-state index is 3.21. The summed E-state index contributed by atoms with van der Waals surface area (Å²) in [4.78, 5) is 0. The van der Waals surface area contributed by atoms with E-state index in [-0.39, 0.29) is 0 Å². The number of hydrogen-bond donors (Lipinski definition) is 3. The zero-order valence-corrected chi connectivity index (χ0v) is 7.99. The Morgan fingerprint density at radius 1 is 1.08 bits per heavy atom. The first kappa shape index (κ1) is 8.97. The van der Waals surface area contributed by atoms with Gasteiger partial charge >= 0.3 is 0 Å². The van der Waals surface area contributed by atoms with Crippen LogP contribution in [0.4, 0.5) is 0 Å². The van der Waals surface area contributed by atoms with Crippen molar-refractivity contribution in [2.24, 2.45) is 0 Å². The van der Waals surface area contributed by atoms with Crippen molar-refractivity contribution in [1.29, 1.82) is 0 Å². The molecule has 68 valence electrons. The first-order valence-electron chi connectivity index (χ1n) is 4.30. The van der Waals surface area contributed by atoms with Crippen LogP contribution >= 0.6 is 0 Å². The van der Waals surface area contributed by atoms with Crippen LogP contribution in [0.5, 0.6) is 0 Å². The van der Waals surface area contributed by atoms with Gasteiger partial charge in [0, 0.05) is 26.8 Å². The van der Waals surface area contributed by atoms with Crippen molar-refractivity contribution < 1.29 is 0 Å². The number of nitrogens with one attached hydrogen (secondary N) is 3. The maximum atomic E-state index is 3.21. The molecule has 0 aromatic carbocycles. The van der Waals surface area contributed by atoms with Crippen LogP contribution in [0.1, 0.15) is 12.8 Å². The second-order valence-corrected chi connectivity index (χ2v) is 2.76. The summed E-state index contributed by atoms with van der Waals surface area (Å²) in [6.45, 7) is 0. The van der Waals surface area contributed by atoms with Gasteiger partial charge < -0.3 is 16.0 Å². The molecule has 3 heteroatoms. The summed E-state index contributed by atoms with van der Waals surface area (Å²) >= 11 is 0. The molecule has 0 fully saturated rings. The number of likely N-dealkylation sites (N-methyl/N-ethyl adjacent to an activating group) is 2. The minimum Gasteiger partial charge on any atom is -0.390 e. The van der Waals surface area contributed by atoms with E-state index in [1.54, 1.807) is 0 Å². The first-order valence-corrected chi connectivity index (χ1v) is 4.30. The Kier molecular flexibility index (Phi) is 3.02. The van der Waals surface area contributed by atoms with Crippen molar-refractivity contribution in [2.75, 3.05) is 21.1 Å². The number of hydrogen-bond acceptors (Lipinski definition) is 3. The molecule has 0 aliphatic heterocycles. The van der Waals surface area contributed by atoms with Crippen molar-refractivity contribution in [1.82, 2.24) is 16.0 Å². The predicted molar refractivity (Wildman–Crippen MR) is 51.5 cm³/mol. The fourth-order valence-electron chi connectivity index (χ4n) is 1.51. The summed E-state index contributed by atoms with van der Waals surface area (Å²) < 4.78 is 0. The normalized spacial score (nSPS) is 17.1. The van der Waals surface area contributed by atoms with Crippen LogP contribution in [0, 0.1) is 0 Å². The van der Waals surface area contributed by atoms with Crippen LogP contribution in [0.15, 0.2) is 23.2 Å². The van der Waals surface area contributed by atoms with Crippen LogP contribution < -0.4 is 16.0 Å². The third kappa shape index (κ3) is 1.55. The number of allylic oxidation sites excluding steroid dienone is 2. The molecule has 1 aliphatic rings. The topological polar surface area (TPSA) is 36.1 Å². The van der Waals surface area contributed by atoms with Gasteiger partial charge in [0.25, 0.3) is 0 Å². The Hall–Kier alpha value is -1.12.